The zero-order valence-electron chi connectivity index (χ0n) is 10.4. The summed E-state index contributed by atoms with van der Waals surface area (Å²) in [6.07, 6.45) is 2.93. The number of non-ortho nitro benzene ring substituents is 1. The van der Waals surface area contributed by atoms with Gasteiger partial charge in [-0.3, -0.25) is 10.1 Å². The van der Waals surface area contributed by atoms with Gasteiger partial charge in [-0.1, -0.05) is 0 Å². The molecule has 1 fully saturated rings. The Balaban J connectivity index is 2.12. The standard InChI is InChI=1S/C13H15N3O3/c14-8-9-7-11(16(18)19)3-6-13(9)15-10-1-4-12(17)5-2-10/h3,6-7,10,12,15,17H,1-2,4-5H2. The fraction of sp³-hybridized carbons (Fsp3) is 0.462. The van der Waals surface area contributed by atoms with Gasteiger partial charge in [-0.25, -0.2) is 0 Å². The lowest BCUT2D eigenvalue weighted by atomic mass is 9.93. The van der Waals surface area contributed by atoms with E-state index in [1.165, 1.54) is 12.1 Å². The molecule has 0 aromatic heterocycles. The van der Waals surface area contributed by atoms with Crippen molar-refractivity contribution in [2.45, 2.75) is 37.8 Å². The molecule has 6 nitrogen and oxygen atoms in total. The van der Waals surface area contributed by atoms with Crippen molar-refractivity contribution in [1.29, 1.82) is 5.26 Å². The fourth-order valence-corrected chi connectivity index (χ4v) is 2.30. The molecule has 6 heteroatoms. The van der Waals surface area contributed by atoms with Crippen LogP contribution >= 0.6 is 0 Å². The average Bonchev–Trinajstić information content (AvgIpc) is 2.41. The number of hydrogen-bond acceptors (Lipinski definition) is 5. The molecule has 0 heterocycles. The first kappa shape index (κ1) is 13.3. The topological polar surface area (TPSA) is 99.2 Å². The van der Waals surface area contributed by atoms with Gasteiger partial charge in [0.15, 0.2) is 0 Å². The highest BCUT2D eigenvalue weighted by atomic mass is 16.6. The molecule has 0 radical (unpaired) electrons. The number of anilines is 1. The van der Waals surface area contributed by atoms with Crippen LogP contribution in [0.4, 0.5) is 11.4 Å². The Morgan fingerprint density at radius 2 is 2.05 bits per heavy atom. The van der Waals surface area contributed by atoms with Crippen molar-refractivity contribution in [3.63, 3.8) is 0 Å². The van der Waals surface area contributed by atoms with Crippen LogP contribution in [0.1, 0.15) is 31.2 Å². The number of aliphatic hydroxyl groups is 1. The van der Waals surface area contributed by atoms with Gasteiger partial charge >= 0.3 is 0 Å². The summed E-state index contributed by atoms with van der Waals surface area (Å²) >= 11 is 0. The third-order valence-corrected chi connectivity index (χ3v) is 3.39. The number of aliphatic hydroxyl groups excluding tert-OH is 1. The number of rotatable bonds is 3. The number of nitro groups is 1. The number of nitro benzene ring substituents is 1. The van der Waals surface area contributed by atoms with Crippen LogP contribution in [0.2, 0.25) is 0 Å². The second-order valence-electron chi connectivity index (χ2n) is 4.75. The van der Waals surface area contributed by atoms with Gasteiger partial charge in [0.2, 0.25) is 0 Å². The maximum atomic E-state index is 10.7. The molecule has 2 N–H and O–H groups in total. The molecule has 1 aliphatic carbocycles. The first-order chi connectivity index (χ1) is 9.10. The lowest BCUT2D eigenvalue weighted by molar-refractivity contribution is -0.384. The van der Waals surface area contributed by atoms with Gasteiger partial charge in [-0.15, -0.1) is 0 Å². The summed E-state index contributed by atoms with van der Waals surface area (Å²) in [5.74, 6) is 0. The monoisotopic (exact) mass is 261 g/mol. The van der Waals surface area contributed by atoms with Crippen molar-refractivity contribution in [1.82, 2.24) is 0 Å². The van der Waals surface area contributed by atoms with Crippen molar-refractivity contribution in [2.24, 2.45) is 0 Å². The van der Waals surface area contributed by atoms with Gasteiger partial charge in [0, 0.05) is 18.2 Å². The van der Waals surface area contributed by atoms with Crippen LogP contribution in [0.25, 0.3) is 0 Å². The van der Waals surface area contributed by atoms with Crippen molar-refractivity contribution in [2.75, 3.05) is 5.32 Å². The first-order valence-electron chi connectivity index (χ1n) is 6.23. The van der Waals surface area contributed by atoms with E-state index in [-0.39, 0.29) is 23.4 Å². The van der Waals surface area contributed by atoms with E-state index in [1.807, 2.05) is 6.07 Å². The summed E-state index contributed by atoms with van der Waals surface area (Å²) < 4.78 is 0. The Kier molecular flexibility index (Phi) is 3.97. The molecule has 19 heavy (non-hydrogen) atoms. The predicted octanol–water partition coefficient (Wildman–Crippen LogP) is 2.18. The lowest BCUT2D eigenvalue weighted by Crippen LogP contribution is -2.28. The van der Waals surface area contributed by atoms with Crippen LogP contribution in [0.5, 0.6) is 0 Å². The molecule has 0 saturated heterocycles. The average molecular weight is 261 g/mol. The molecule has 0 bridgehead atoms. The molecule has 0 amide bonds. The third-order valence-electron chi connectivity index (χ3n) is 3.39. The summed E-state index contributed by atoms with van der Waals surface area (Å²) in [7, 11) is 0. The molecule has 1 aromatic rings. The quantitative estimate of drug-likeness (QED) is 0.641. The highest BCUT2D eigenvalue weighted by molar-refractivity contribution is 5.61. The third kappa shape index (κ3) is 3.20. The normalized spacial score (nSPS) is 22.5. The molecule has 0 atom stereocenters. The second-order valence-corrected chi connectivity index (χ2v) is 4.75. The van der Waals surface area contributed by atoms with Gasteiger partial charge in [0.25, 0.3) is 5.69 Å². The maximum Gasteiger partial charge on any atom is 0.270 e. The van der Waals surface area contributed by atoms with Crippen LogP contribution < -0.4 is 5.32 Å². The number of nitrogens with zero attached hydrogens (tertiary/aromatic N) is 2. The van der Waals surface area contributed by atoms with Gasteiger partial charge in [0.05, 0.1) is 22.3 Å². The smallest absolute Gasteiger partial charge is 0.270 e. The molecule has 1 aromatic carbocycles. The summed E-state index contributed by atoms with van der Waals surface area (Å²) in [5.41, 5.74) is 0.816. The molecule has 0 aliphatic heterocycles. The van der Waals surface area contributed by atoms with Gasteiger partial charge in [0.1, 0.15) is 6.07 Å². The van der Waals surface area contributed by atoms with Crippen LogP contribution in [0.15, 0.2) is 18.2 Å². The molecule has 1 saturated carbocycles. The van der Waals surface area contributed by atoms with Crippen LogP contribution in [-0.2, 0) is 0 Å². The lowest BCUT2D eigenvalue weighted by Gasteiger charge is -2.27. The van der Waals surface area contributed by atoms with E-state index in [0.717, 1.165) is 25.7 Å². The van der Waals surface area contributed by atoms with E-state index < -0.39 is 4.92 Å². The Bertz CT molecular complexity index is 516. The van der Waals surface area contributed by atoms with E-state index in [1.54, 1.807) is 6.07 Å². The Morgan fingerprint density at radius 1 is 1.37 bits per heavy atom. The van der Waals surface area contributed by atoms with Crippen molar-refractivity contribution < 1.29 is 10.0 Å². The first-order valence-corrected chi connectivity index (χ1v) is 6.23. The minimum absolute atomic E-state index is 0.0823. The predicted molar refractivity (Wildman–Crippen MR) is 69.7 cm³/mol. The molecule has 2 rings (SSSR count). The molecule has 0 spiro atoms. The zero-order chi connectivity index (χ0) is 13.8. The Labute approximate surface area is 110 Å². The number of nitriles is 1. The fourth-order valence-electron chi connectivity index (χ4n) is 2.30. The minimum atomic E-state index is -0.512. The van der Waals surface area contributed by atoms with Crippen molar-refractivity contribution in [3.8, 4) is 6.07 Å². The van der Waals surface area contributed by atoms with E-state index in [9.17, 15) is 15.2 Å². The van der Waals surface area contributed by atoms with Crippen LogP contribution in [-0.4, -0.2) is 22.2 Å². The summed E-state index contributed by atoms with van der Waals surface area (Å²) in [6.45, 7) is 0. The maximum absolute atomic E-state index is 10.7. The number of hydrogen-bond donors (Lipinski definition) is 2. The van der Waals surface area contributed by atoms with Gasteiger partial charge in [-0.2, -0.15) is 5.26 Å². The Hall–Kier alpha value is -2.13. The van der Waals surface area contributed by atoms with Crippen LogP contribution in [0.3, 0.4) is 0 Å². The molecular weight excluding hydrogens is 246 g/mol. The SMILES string of the molecule is N#Cc1cc([N+](=O)[O-])ccc1NC1CCC(O)CC1. The van der Waals surface area contributed by atoms with E-state index in [4.69, 9.17) is 5.26 Å². The van der Waals surface area contributed by atoms with Gasteiger partial charge in [-0.05, 0) is 31.7 Å². The summed E-state index contributed by atoms with van der Waals surface area (Å²) in [6, 6.07) is 6.42. The zero-order valence-corrected chi connectivity index (χ0v) is 10.4. The highest BCUT2D eigenvalue weighted by Gasteiger charge is 2.20. The summed E-state index contributed by atoms with van der Waals surface area (Å²) in [5, 5.41) is 32.4. The second kappa shape index (κ2) is 5.67. The van der Waals surface area contributed by atoms with E-state index in [2.05, 4.69) is 5.32 Å². The van der Waals surface area contributed by atoms with Gasteiger partial charge < -0.3 is 10.4 Å². The number of benzene rings is 1. The van der Waals surface area contributed by atoms with Crippen LogP contribution in [0, 0.1) is 21.4 Å². The van der Waals surface area contributed by atoms with E-state index in [0.29, 0.717) is 5.69 Å². The molecule has 1 aliphatic rings. The Morgan fingerprint density at radius 3 is 2.63 bits per heavy atom. The molecule has 100 valence electrons. The largest absolute Gasteiger partial charge is 0.393 e. The van der Waals surface area contributed by atoms with Crippen molar-refractivity contribution in [3.05, 3.63) is 33.9 Å². The van der Waals surface area contributed by atoms with Crippen molar-refractivity contribution >= 4 is 11.4 Å². The molecular formula is C13H15N3O3. The van der Waals surface area contributed by atoms with E-state index >= 15 is 0 Å². The minimum Gasteiger partial charge on any atom is -0.393 e. The summed E-state index contributed by atoms with van der Waals surface area (Å²) in [4.78, 5) is 10.1. The highest BCUT2D eigenvalue weighted by Crippen LogP contribution is 2.26. The molecule has 0 unspecified atom stereocenters. The number of nitrogens with one attached hydrogen (secondary N) is 1.